The minimum absolute atomic E-state index is 0.0209. The second-order valence-corrected chi connectivity index (χ2v) is 5.98. The zero-order chi connectivity index (χ0) is 18.7. The van der Waals surface area contributed by atoms with Crippen molar-refractivity contribution in [3.8, 4) is 11.4 Å². The second kappa shape index (κ2) is 7.23. The second-order valence-electron chi connectivity index (χ2n) is 5.98. The van der Waals surface area contributed by atoms with Gasteiger partial charge in [0, 0.05) is 23.6 Å². The molecule has 1 heterocycles. The molecular formula is C20H19N3O3. The number of rotatable bonds is 4. The maximum absolute atomic E-state index is 12.7. The van der Waals surface area contributed by atoms with Gasteiger partial charge in [0.15, 0.2) is 5.82 Å². The van der Waals surface area contributed by atoms with Gasteiger partial charge in [0.2, 0.25) is 0 Å². The summed E-state index contributed by atoms with van der Waals surface area (Å²) in [6, 6.07) is 12.5. The summed E-state index contributed by atoms with van der Waals surface area (Å²) in [5.74, 6) is 0.222. The molecule has 0 spiro atoms. The van der Waals surface area contributed by atoms with Gasteiger partial charge in [0.25, 0.3) is 11.5 Å². The number of ether oxygens (including phenoxy) is 1. The molecule has 1 amide bonds. The van der Waals surface area contributed by atoms with E-state index >= 15 is 0 Å². The van der Waals surface area contributed by atoms with Crippen LogP contribution >= 0.6 is 0 Å². The average Bonchev–Trinajstić information content (AvgIpc) is 2.62. The fourth-order valence-electron chi connectivity index (χ4n) is 2.71. The number of hydrogen-bond donors (Lipinski definition) is 1. The van der Waals surface area contributed by atoms with E-state index in [0.717, 1.165) is 16.8 Å². The lowest BCUT2D eigenvalue weighted by Crippen LogP contribution is -2.26. The van der Waals surface area contributed by atoms with E-state index in [1.165, 1.54) is 10.8 Å². The molecular weight excluding hydrogens is 330 g/mol. The van der Waals surface area contributed by atoms with Crippen LogP contribution in [0.2, 0.25) is 0 Å². The number of hydrogen-bond acceptors (Lipinski definition) is 4. The largest absolute Gasteiger partial charge is 0.497 e. The van der Waals surface area contributed by atoms with E-state index < -0.39 is 5.91 Å². The molecule has 0 bridgehead atoms. The van der Waals surface area contributed by atoms with E-state index in [2.05, 4.69) is 10.3 Å². The van der Waals surface area contributed by atoms with Crippen LogP contribution in [0.25, 0.3) is 5.69 Å². The number of amides is 1. The maximum Gasteiger partial charge on any atom is 0.298 e. The average molecular weight is 349 g/mol. The van der Waals surface area contributed by atoms with Crippen molar-refractivity contribution in [2.75, 3.05) is 12.4 Å². The van der Waals surface area contributed by atoms with E-state index in [-0.39, 0.29) is 11.4 Å². The minimum atomic E-state index is -0.407. The zero-order valence-corrected chi connectivity index (χ0v) is 14.8. The summed E-state index contributed by atoms with van der Waals surface area (Å²) in [7, 11) is 1.55. The van der Waals surface area contributed by atoms with Crippen molar-refractivity contribution in [3.05, 3.63) is 81.9 Å². The van der Waals surface area contributed by atoms with Crippen LogP contribution in [0.15, 0.2) is 59.7 Å². The Labute approximate surface area is 151 Å². The molecule has 3 rings (SSSR count). The van der Waals surface area contributed by atoms with Gasteiger partial charge in [-0.1, -0.05) is 6.07 Å². The molecule has 0 aliphatic carbocycles. The van der Waals surface area contributed by atoms with E-state index in [4.69, 9.17) is 4.74 Å². The normalized spacial score (nSPS) is 10.4. The van der Waals surface area contributed by atoms with E-state index in [9.17, 15) is 9.59 Å². The van der Waals surface area contributed by atoms with Gasteiger partial charge in [0.1, 0.15) is 5.75 Å². The third-order valence-electron chi connectivity index (χ3n) is 3.91. The first kappa shape index (κ1) is 17.4. The van der Waals surface area contributed by atoms with Gasteiger partial charge in [-0.3, -0.25) is 14.2 Å². The Hall–Kier alpha value is -3.41. The Morgan fingerprint density at radius 3 is 2.35 bits per heavy atom. The Morgan fingerprint density at radius 1 is 1.08 bits per heavy atom. The summed E-state index contributed by atoms with van der Waals surface area (Å²) in [6.07, 6.45) is 3.07. The van der Waals surface area contributed by atoms with Gasteiger partial charge in [0.05, 0.1) is 7.11 Å². The van der Waals surface area contributed by atoms with Crippen molar-refractivity contribution in [3.63, 3.8) is 0 Å². The highest BCUT2D eigenvalue weighted by molar-refractivity contribution is 6.03. The highest BCUT2D eigenvalue weighted by Gasteiger charge is 2.12. The fourth-order valence-corrected chi connectivity index (χ4v) is 2.71. The molecule has 26 heavy (non-hydrogen) atoms. The number of nitrogens with one attached hydrogen (secondary N) is 1. The predicted octanol–water partition coefficient (Wildman–Crippen LogP) is 3.11. The number of benzene rings is 2. The number of anilines is 1. The van der Waals surface area contributed by atoms with Crippen LogP contribution in [0.5, 0.6) is 5.75 Å². The minimum Gasteiger partial charge on any atom is -0.497 e. The van der Waals surface area contributed by atoms with Crippen molar-refractivity contribution in [2.45, 2.75) is 13.8 Å². The van der Waals surface area contributed by atoms with Crippen molar-refractivity contribution in [1.29, 1.82) is 0 Å². The molecule has 0 aliphatic heterocycles. The third-order valence-corrected chi connectivity index (χ3v) is 3.91. The summed E-state index contributed by atoms with van der Waals surface area (Å²) in [5.41, 5.74) is 2.85. The number of nitrogens with zero attached hydrogens (tertiary/aromatic N) is 2. The van der Waals surface area contributed by atoms with Gasteiger partial charge in [-0.25, -0.2) is 4.98 Å². The summed E-state index contributed by atoms with van der Waals surface area (Å²) in [4.78, 5) is 29.1. The molecule has 0 radical (unpaired) electrons. The molecule has 0 aliphatic rings. The first-order valence-electron chi connectivity index (χ1n) is 8.09. The lowest BCUT2D eigenvalue weighted by atomic mass is 10.1. The SMILES string of the molecule is COc1ccc(C(=O)Nc2nccn(-c3cc(C)cc(C)c3)c2=O)cc1. The van der Waals surface area contributed by atoms with E-state index in [1.54, 1.807) is 37.6 Å². The van der Waals surface area contributed by atoms with Gasteiger partial charge in [-0.15, -0.1) is 0 Å². The number of carbonyl (C=O) groups excluding carboxylic acids is 1. The zero-order valence-electron chi connectivity index (χ0n) is 14.8. The Balaban J connectivity index is 1.91. The van der Waals surface area contributed by atoms with Gasteiger partial charge >= 0.3 is 0 Å². The number of aryl methyl sites for hydroxylation is 2. The van der Waals surface area contributed by atoms with Crippen molar-refractivity contribution < 1.29 is 9.53 Å². The first-order chi connectivity index (χ1) is 12.5. The molecule has 0 saturated heterocycles. The topological polar surface area (TPSA) is 73.2 Å². The summed E-state index contributed by atoms with van der Waals surface area (Å²) in [5, 5.41) is 2.58. The highest BCUT2D eigenvalue weighted by atomic mass is 16.5. The van der Waals surface area contributed by atoms with Crippen LogP contribution in [0, 0.1) is 13.8 Å². The van der Waals surface area contributed by atoms with Crippen molar-refractivity contribution >= 4 is 11.7 Å². The summed E-state index contributed by atoms with van der Waals surface area (Å²) < 4.78 is 6.54. The molecule has 132 valence electrons. The van der Waals surface area contributed by atoms with Crippen LogP contribution < -0.4 is 15.6 Å². The molecule has 1 N–H and O–H groups in total. The fraction of sp³-hybridized carbons (Fsp3) is 0.150. The van der Waals surface area contributed by atoms with Gasteiger partial charge < -0.3 is 10.1 Å². The molecule has 2 aromatic carbocycles. The number of aromatic nitrogens is 2. The monoisotopic (exact) mass is 349 g/mol. The van der Waals surface area contributed by atoms with Crippen LogP contribution in [-0.4, -0.2) is 22.6 Å². The van der Waals surface area contributed by atoms with Crippen LogP contribution in [0.3, 0.4) is 0 Å². The Kier molecular flexibility index (Phi) is 4.84. The molecule has 1 aromatic heterocycles. The number of carbonyl (C=O) groups is 1. The Morgan fingerprint density at radius 2 is 1.73 bits per heavy atom. The highest BCUT2D eigenvalue weighted by Crippen LogP contribution is 2.14. The molecule has 6 nitrogen and oxygen atoms in total. The molecule has 6 heteroatoms. The lowest BCUT2D eigenvalue weighted by Gasteiger charge is -2.10. The first-order valence-corrected chi connectivity index (χ1v) is 8.09. The quantitative estimate of drug-likeness (QED) is 0.785. The third kappa shape index (κ3) is 3.64. The molecule has 0 atom stereocenters. The van der Waals surface area contributed by atoms with Crippen LogP contribution in [0.1, 0.15) is 21.5 Å². The lowest BCUT2D eigenvalue weighted by molar-refractivity contribution is 0.102. The standard InChI is InChI=1S/C20H19N3O3/c1-13-10-14(2)12-16(11-13)23-9-8-21-18(20(23)25)22-19(24)15-4-6-17(26-3)7-5-15/h4-12H,1-3H3,(H,21,22,24). The van der Waals surface area contributed by atoms with Crippen molar-refractivity contribution in [1.82, 2.24) is 9.55 Å². The number of methoxy groups -OCH3 is 1. The summed E-state index contributed by atoms with van der Waals surface area (Å²) >= 11 is 0. The van der Waals surface area contributed by atoms with Crippen molar-refractivity contribution in [2.24, 2.45) is 0 Å². The van der Waals surface area contributed by atoms with Gasteiger partial charge in [-0.05, 0) is 61.4 Å². The van der Waals surface area contributed by atoms with E-state index in [1.807, 2.05) is 32.0 Å². The smallest absolute Gasteiger partial charge is 0.298 e. The van der Waals surface area contributed by atoms with Gasteiger partial charge in [-0.2, -0.15) is 0 Å². The molecule has 0 fully saturated rings. The predicted molar refractivity (Wildman–Crippen MR) is 100 cm³/mol. The van der Waals surface area contributed by atoms with Crippen LogP contribution in [-0.2, 0) is 0 Å². The van der Waals surface area contributed by atoms with E-state index in [0.29, 0.717) is 11.3 Å². The maximum atomic E-state index is 12.7. The molecule has 0 saturated carbocycles. The molecule has 0 unspecified atom stereocenters. The molecule has 3 aromatic rings. The van der Waals surface area contributed by atoms with Crippen LogP contribution in [0.4, 0.5) is 5.82 Å². The Bertz CT molecular complexity index is 987. The summed E-state index contributed by atoms with van der Waals surface area (Å²) in [6.45, 7) is 3.93.